The van der Waals surface area contributed by atoms with Crippen molar-refractivity contribution in [3.63, 3.8) is 0 Å². The second-order valence-electron chi connectivity index (χ2n) is 7.99. The van der Waals surface area contributed by atoms with Gasteiger partial charge in [0, 0.05) is 24.7 Å². The average molecular weight is 381 g/mol. The fraction of sp³-hybridized carbons (Fsp3) is 0.727. The van der Waals surface area contributed by atoms with E-state index in [0.29, 0.717) is 12.8 Å². The third-order valence-electron chi connectivity index (χ3n) is 5.53. The van der Waals surface area contributed by atoms with Crippen LogP contribution in [0.15, 0.2) is 24.3 Å². The van der Waals surface area contributed by atoms with E-state index in [1.54, 1.807) is 6.08 Å². The number of hydrogen-bond acceptors (Lipinski definition) is 4. The van der Waals surface area contributed by atoms with Crippen molar-refractivity contribution in [1.82, 2.24) is 0 Å². The monoisotopic (exact) mass is 380 g/mol. The highest BCUT2D eigenvalue weighted by atomic mass is 16.4. The van der Waals surface area contributed by atoms with Crippen molar-refractivity contribution < 1.29 is 24.9 Å². The summed E-state index contributed by atoms with van der Waals surface area (Å²) in [6, 6.07) is 0. The second-order valence-corrected chi connectivity index (χ2v) is 7.99. The van der Waals surface area contributed by atoms with E-state index in [4.69, 9.17) is 5.11 Å². The minimum atomic E-state index is -0.804. The summed E-state index contributed by atoms with van der Waals surface area (Å²) in [4.78, 5) is 22.9. The zero-order chi connectivity index (χ0) is 20.4. The van der Waals surface area contributed by atoms with Gasteiger partial charge >= 0.3 is 5.97 Å². The Kier molecular flexibility index (Phi) is 10.6. The van der Waals surface area contributed by atoms with Crippen molar-refractivity contribution in [3.05, 3.63) is 24.3 Å². The van der Waals surface area contributed by atoms with E-state index in [-0.39, 0.29) is 42.3 Å². The molecule has 0 aromatic rings. The molecule has 1 saturated carbocycles. The number of allylic oxidation sites excluding steroid dienone is 2. The van der Waals surface area contributed by atoms with Gasteiger partial charge in [-0.15, -0.1) is 0 Å². The number of aliphatic carboxylic acids is 1. The summed E-state index contributed by atoms with van der Waals surface area (Å²) >= 11 is 0. The number of carboxylic acids is 1. The van der Waals surface area contributed by atoms with Crippen molar-refractivity contribution in [1.29, 1.82) is 0 Å². The molecule has 1 rings (SSSR count). The van der Waals surface area contributed by atoms with Crippen molar-refractivity contribution >= 4 is 11.8 Å². The minimum absolute atomic E-state index is 0.0495. The number of hydrogen-bond donors (Lipinski definition) is 3. The summed E-state index contributed by atoms with van der Waals surface area (Å²) in [5.74, 6) is -1.02. The van der Waals surface area contributed by atoms with Crippen LogP contribution in [0, 0.1) is 23.7 Å². The number of Topliss-reactive ketones (excluding diaryl/α,β-unsaturated/α-hetero) is 1. The summed E-state index contributed by atoms with van der Waals surface area (Å²) in [5, 5.41) is 29.2. The molecule has 0 amide bonds. The Balaban J connectivity index is 2.62. The van der Waals surface area contributed by atoms with E-state index >= 15 is 0 Å². The number of ketones is 1. The van der Waals surface area contributed by atoms with Gasteiger partial charge in [0.05, 0.1) is 12.2 Å². The lowest BCUT2D eigenvalue weighted by atomic mass is 9.88. The van der Waals surface area contributed by atoms with Crippen LogP contribution in [0.5, 0.6) is 0 Å². The Bertz CT molecular complexity index is 525. The van der Waals surface area contributed by atoms with Gasteiger partial charge in [0.15, 0.2) is 0 Å². The third kappa shape index (κ3) is 8.39. The van der Waals surface area contributed by atoms with E-state index in [1.807, 2.05) is 32.1 Å². The fourth-order valence-corrected chi connectivity index (χ4v) is 3.56. The summed E-state index contributed by atoms with van der Waals surface area (Å²) in [7, 11) is 0. The molecular weight excluding hydrogens is 344 g/mol. The van der Waals surface area contributed by atoms with Gasteiger partial charge in [-0.1, -0.05) is 57.9 Å². The van der Waals surface area contributed by atoms with Crippen LogP contribution in [-0.4, -0.2) is 39.3 Å². The normalized spacial score (nSPS) is 26.7. The Morgan fingerprint density at radius 2 is 1.96 bits per heavy atom. The first-order chi connectivity index (χ1) is 12.8. The highest BCUT2D eigenvalue weighted by Gasteiger charge is 2.39. The van der Waals surface area contributed by atoms with Crippen LogP contribution in [0.3, 0.4) is 0 Å². The molecule has 0 spiro atoms. The molecule has 1 fully saturated rings. The molecule has 0 radical (unpaired) electrons. The molecule has 0 aromatic heterocycles. The number of unbranched alkanes of at least 4 members (excludes halogenated alkanes) is 1. The quantitative estimate of drug-likeness (QED) is 0.448. The van der Waals surface area contributed by atoms with E-state index < -0.39 is 18.2 Å². The molecular formula is C22H36O5. The molecule has 27 heavy (non-hydrogen) atoms. The zero-order valence-electron chi connectivity index (χ0n) is 16.9. The Hall–Kier alpha value is -1.46. The molecule has 5 nitrogen and oxygen atoms in total. The number of carboxylic acid groups (broad SMARTS) is 1. The van der Waals surface area contributed by atoms with Crippen LogP contribution in [0.25, 0.3) is 0 Å². The Morgan fingerprint density at radius 3 is 2.59 bits per heavy atom. The van der Waals surface area contributed by atoms with Gasteiger partial charge in [-0.05, 0) is 31.1 Å². The predicted octanol–water partition coefficient (Wildman–Crippen LogP) is 3.74. The fourth-order valence-electron chi connectivity index (χ4n) is 3.56. The van der Waals surface area contributed by atoms with Crippen LogP contribution in [0.4, 0.5) is 0 Å². The van der Waals surface area contributed by atoms with Crippen LogP contribution in [-0.2, 0) is 9.59 Å². The minimum Gasteiger partial charge on any atom is -0.481 e. The van der Waals surface area contributed by atoms with Gasteiger partial charge < -0.3 is 15.3 Å². The van der Waals surface area contributed by atoms with E-state index in [2.05, 4.69) is 6.92 Å². The molecule has 5 heteroatoms. The number of aliphatic hydroxyl groups excluding tert-OH is 2. The lowest BCUT2D eigenvalue weighted by Gasteiger charge is -2.19. The first-order valence-corrected chi connectivity index (χ1v) is 10.2. The summed E-state index contributed by atoms with van der Waals surface area (Å²) in [5.41, 5.74) is 0. The average Bonchev–Trinajstić information content (AvgIpc) is 2.88. The Morgan fingerprint density at radius 1 is 1.26 bits per heavy atom. The first kappa shape index (κ1) is 23.6. The highest BCUT2D eigenvalue weighted by molar-refractivity contribution is 5.84. The van der Waals surface area contributed by atoms with Crippen molar-refractivity contribution in [2.75, 3.05) is 0 Å². The second kappa shape index (κ2) is 12.1. The number of rotatable bonds is 12. The molecule has 0 aromatic carbocycles. The molecule has 1 aliphatic carbocycles. The molecule has 1 aliphatic rings. The number of aliphatic hydroxyl groups is 2. The molecule has 0 bridgehead atoms. The molecule has 6 atom stereocenters. The summed E-state index contributed by atoms with van der Waals surface area (Å²) < 4.78 is 0. The topological polar surface area (TPSA) is 94.8 Å². The van der Waals surface area contributed by atoms with Gasteiger partial charge in [0.25, 0.3) is 0 Å². The maximum Gasteiger partial charge on any atom is 0.303 e. The molecule has 154 valence electrons. The van der Waals surface area contributed by atoms with E-state index in [1.165, 1.54) is 0 Å². The molecule has 0 unspecified atom stereocenters. The van der Waals surface area contributed by atoms with Crippen molar-refractivity contribution in [3.8, 4) is 0 Å². The van der Waals surface area contributed by atoms with Crippen molar-refractivity contribution in [2.45, 2.75) is 77.9 Å². The third-order valence-corrected chi connectivity index (χ3v) is 5.53. The maximum absolute atomic E-state index is 12.2. The largest absolute Gasteiger partial charge is 0.481 e. The maximum atomic E-state index is 12.2. The lowest BCUT2D eigenvalue weighted by Crippen LogP contribution is -2.20. The van der Waals surface area contributed by atoms with Gasteiger partial charge in [0.2, 0.25) is 0 Å². The van der Waals surface area contributed by atoms with Crippen LogP contribution < -0.4 is 0 Å². The Labute approximate surface area is 163 Å². The van der Waals surface area contributed by atoms with Crippen molar-refractivity contribution in [2.24, 2.45) is 23.7 Å². The first-order valence-electron chi connectivity index (χ1n) is 10.2. The van der Waals surface area contributed by atoms with Gasteiger partial charge in [-0.25, -0.2) is 0 Å². The summed E-state index contributed by atoms with van der Waals surface area (Å²) in [6.45, 7) is 6.09. The molecule has 3 N–H and O–H groups in total. The van der Waals surface area contributed by atoms with Gasteiger partial charge in [-0.2, -0.15) is 0 Å². The standard InChI is InChI=1S/C22H36O5/c1-4-5-8-16(3)19(23)12-11-18-17(20(24)14-21(18)25)9-6-7-15(2)10-13-22(26)27/h6-7,11-12,15-19,21,23,25H,4-5,8-10,13-14H2,1-3H3,(H,26,27)/t15-,16-,17-,18-,19-,21-/m1/s1. The highest BCUT2D eigenvalue weighted by Crippen LogP contribution is 2.33. The van der Waals surface area contributed by atoms with Crippen LogP contribution >= 0.6 is 0 Å². The molecule has 0 aliphatic heterocycles. The van der Waals surface area contributed by atoms with E-state index in [0.717, 1.165) is 19.3 Å². The SMILES string of the molecule is CCCC[C@@H](C)[C@H](O)C=C[C@H]1[C@H](O)CC(=O)[C@@H]1CC=C[C@@H](C)CCC(=O)O. The van der Waals surface area contributed by atoms with Gasteiger partial charge in [-0.3, -0.25) is 9.59 Å². The summed E-state index contributed by atoms with van der Waals surface area (Å²) in [6.07, 6.45) is 10.7. The lowest BCUT2D eigenvalue weighted by molar-refractivity contribution is -0.137. The number of carbonyl (C=O) groups is 2. The van der Waals surface area contributed by atoms with Gasteiger partial charge in [0.1, 0.15) is 5.78 Å². The smallest absolute Gasteiger partial charge is 0.303 e. The molecule has 0 heterocycles. The molecule has 0 saturated heterocycles. The van der Waals surface area contributed by atoms with Crippen LogP contribution in [0.2, 0.25) is 0 Å². The van der Waals surface area contributed by atoms with E-state index in [9.17, 15) is 19.8 Å². The van der Waals surface area contributed by atoms with Crippen LogP contribution in [0.1, 0.15) is 65.7 Å². The zero-order valence-corrected chi connectivity index (χ0v) is 16.9. The predicted molar refractivity (Wildman–Crippen MR) is 106 cm³/mol. The number of carbonyl (C=O) groups excluding carboxylic acids is 1.